The molecule has 1 unspecified atom stereocenters. The summed E-state index contributed by atoms with van der Waals surface area (Å²) in [6.45, 7) is 1.59. The first-order chi connectivity index (χ1) is 8.02. The van der Waals surface area contributed by atoms with Crippen LogP contribution in [0.25, 0.3) is 0 Å². The SMILES string of the molecule is COC(=O)C(C)NC(=O)Cc1ccc(Br)cc1. The third-order valence-electron chi connectivity index (χ3n) is 2.21. The van der Waals surface area contributed by atoms with Crippen LogP contribution in [-0.4, -0.2) is 25.0 Å². The van der Waals surface area contributed by atoms with Gasteiger partial charge in [0.2, 0.25) is 5.91 Å². The van der Waals surface area contributed by atoms with E-state index in [1.165, 1.54) is 7.11 Å². The van der Waals surface area contributed by atoms with E-state index in [1.54, 1.807) is 6.92 Å². The third-order valence-corrected chi connectivity index (χ3v) is 2.74. The Labute approximate surface area is 108 Å². The smallest absolute Gasteiger partial charge is 0.328 e. The number of carbonyl (C=O) groups excluding carboxylic acids is 2. The topological polar surface area (TPSA) is 55.4 Å². The Morgan fingerprint density at radius 2 is 1.94 bits per heavy atom. The average Bonchev–Trinajstić information content (AvgIpc) is 2.30. The number of methoxy groups -OCH3 is 1. The lowest BCUT2D eigenvalue weighted by atomic mass is 10.1. The number of hydrogen-bond acceptors (Lipinski definition) is 3. The predicted molar refractivity (Wildman–Crippen MR) is 67.5 cm³/mol. The van der Waals surface area contributed by atoms with E-state index in [4.69, 9.17) is 0 Å². The fraction of sp³-hybridized carbons (Fsp3) is 0.333. The van der Waals surface area contributed by atoms with E-state index in [9.17, 15) is 9.59 Å². The van der Waals surface area contributed by atoms with Crippen molar-refractivity contribution in [3.63, 3.8) is 0 Å². The zero-order valence-electron chi connectivity index (χ0n) is 9.70. The molecule has 1 aromatic carbocycles. The molecule has 92 valence electrons. The van der Waals surface area contributed by atoms with Gasteiger partial charge < -0.3 is 10.1 Å². The van der Waals surface area contributed by atoms with Crippen molar-refractivity contribution in [2.24, 2.45) is 0 Å². The Kier molecular flexibility index (Phi) is 5.15. The first-order valence-corrected chi connectivity index (χ1v) is 5.94. The monoisotopic (exact) mass is 299 g/mol. The Balaban J connectivity index is 2.50. The maximum Gasteiger partial charge on any atom is 0.328 e. The normalized spacial score (nSPS) is 11.7. The van der Waals surface area contributed by atoms with Gasteiger partial charge in [-0.25, -0.2) is 4.79 Å². The molecule has 0 aliphatic carbocycles. The van der Waals surface area contributed by atoms with Crippen molar-refractivity contribution in [3.8, 4) is 0 Å². The summed E-state index contributed by atoms with van der Waals surface area (Å²) in [4.78, 5) is 22.7. The second-order valence-corrected chi connectivity index (χ2v) is 4.53. The molecule has 1 N–H and O–H groups in total. The van der Waals surface area contributed by atoms with Gasteiger partial charge in [0.05, 0.1) is 13.5 Å². The van der Waals surface area contributed by atoms with Crippen LogP contribution >= 0.6 is 15.9 Å². The summed E-state index contributed by atoms with van der Waals surface area (Å²) in [5.41, 5.74) is 0.891. The second kappa shape index (κ2) is 6.39. The van der Waals surface area contributed by atoms with E-state index in [1.807, 2.05) is 24.3 Å². The number of esters is 1. The molecule has 1 amide bonds. The molecule has 5 heteroatoms. The van der Waals surface area contributed by atoms with E-state index < -0.39 is 12.0 Å². The highest BCUT2D eigenvalue weighted by Gasteiger charge is 2.15. The van der Waals surface area contributed by atoms with Crippen LogP contribution < -0.4 is 5.32 Å². The Morgan fingerprint density at radius 1 is 1.35 bits per heavy atom. The number of halogens is 1. The molecule has 1 aromatic rings. The molecule has 0 aliphatic rings. The van der Waals surface area contributed by atoms with Gasteiger partial charge in [-0.2, -0.15) is 0 Å². The Bertz CT molecular complexity index is 403. The number of carbonyl (C=O) groups is 2. The van der Waals surface area contributed by atoms with Crippen molar-refractivity contribution in [1.82, 2.24) is 5.32 Å². The van der Waals surface area contributed by atoms with Gasteiger partial charge in [0.25, 0.3) is 0 Å². The first kappa shape index (κ1) is 13.7. The van der Waals surface area contributed by atoms with E-state index in [0.29, 0.717) is 0 Å². The summed E-state index contributed by atoms with van der Waals surface area (Å²) in [5, 5.41) is 2.57. The maximum absolute atomic E-state index is 11.6. The van der Waals surface area contributed by atoms with Gasteiger partial charge in [0, 0.05) is 4.47 Å². The van der Waals surface area contributed by atoms with Gasteiger partial charge in [0.15, 0.2) is 0 Å². The van der Waals surface area contributed by atoms with Crippen LogP contribution in [0.1, 0.15) is 12.5 Å². The van der Waals surface area contributed by atoms with E-state index in [0.717, 1.165) is 10.0 Å². The van der Waals surface area contributed by atoms with Crippen molar-refractivity contribution in [1.29, 1.82) is 0 Å². The predicted octanol–water partition coefficient (Wildman–Crippen LogP) is 1.67. The minimum Gasteiger partial charge on any atom is -0.467 e. The fourth-order valence-electron chi connectivity index (χ4n) is 1.32. The number of amides is 1. The zero-order chi connectivity index (χ0) is 12.8. The minimum atomic E-state index is -0.622. The van der Waals surface area contributed by atoms with Crippen molar-refractivity contribution < 1.29 is 14.3 Å². The number of rotatable bonds is 4. The molecular weight excluding hydrogens is 286 g/mol. The molecule has 17 heavy (non-hydrogen) atoms. The van der Waals surface area contributed by atoms with Crippen LogP contribution in [0.3, 0.4) is 0 Å². The number of nitrogens with one attached hydrogen (secondary N) is 1. The van der Waals surface area contributed by atoms with Gasteiger partial charge in [-0.1, -0.05) is 28.1 Å². The number of benzene rings is 1. The summed E-state index contributed by atoms with van der Waals surface area (Å²) < 4.78 is 5.48. The standard InChI is InChI=1S/C12H14BrNO3/c1-8(12(16)17-2)14-11(15)7-9-3-5-10(13)6-4-9/h3-6,8H,7H2,1-2H3,(H,14,15). The van der Waals surface area contributed by atoms with Gasteiger partial charge in [0.1, 0.15) is 6.04 Å². The molecule has 0 saturated heterocycles. The zero-order valence-corrected chi connectivity index (χ0v) is 11.3. The molecule has 0 radical (unpaired) electrons. The molecule has 4 nitrogen and oxygen atoms in total. The van der Waals surface area contributed by atoms with Gasteiger partial charge in [-0.05, 0) is 24.6 Å². The first-order valence-electron chi connectivity index (χ1n) is 5.14. The van der Waals surface area contributed by atoms with E-state index in [-0.39, 0.29) is 12.3 Å². The summed E-state index contributed by atoms with van der Waals surface area (Å²) in [7, 11) is 1.29. The fourth-order valence-corrected chi connectivity index (χ4v) is 1.58. The molecule has 0 aliphatic heterocycles. The lowest BCUT2D eigenvalue weighted by Gasteiger charge is -2.11. The Morgan fingerprint density at radius 3 is 2.47 bits per heavy atom. The molecule has 0 saturated carbocycles. The average molecular weight is 300 g/mol. The van der Waals surface area contributed by atoms with Crippen molar-refractivity contribution in [3.05, 3.63) is 34.3 Å². The highest BCUT2D eigenvalue weighted by molar-refractivity contribution is 9.10. The molecular formula is C12H14BrNO3. The summed E-state index contributed by atoms with van der Waals surface area (Å²) in [6.07, 6.45) is 0.245. The van der Waals surface area contributed by atoms with Crippen LogP contribution in [0.15, 0.2) is 28.7 Å². The molecule has 0 fully saturated rings. The molecule has 1 rings (SSSR count). The molecule has 0 heterocycles. The molecule has 0 spiro atoms. The highest BCUT2D eigenvalue weighted by atomic mass is 79.9. The molecule has 0 bridgehead atoms. The molecule has 0 aromatic heterocycles. The Hall–Kier alpha value is -1.36. The van der Waals surface area contributed by atoms with Crippen LogP contribution in [0.5, 0.6) is 0 Å². The quantitative estimate of drug-likeness (QED) is 0.861. The van der Waals surface area contributed by atoms with Gasteiger partial charge >= 0.3 is 5.97 Å². The number of ether oxygens (including phenoxy) is 1. The minimum absolute atomic E-state index is 0.203. The lowest BCUT2D eigenvalue weighted by molar-refractivity contribution is -0.144. The summed E-state index contributed by atoms with van der Waals surface area (Å²) in [6, 6.07) is 6.82. The van der Waals surface area contributed by atoms with E-state index in [2.05, 4.69) is 26.0 Å². The van der Waals surface area contributed by atoms with E-state index >= 15 is 0 Å². The van der Waals surface area contributed by atoms with Crippen LogP contribution in [0.4, 0.5) is 0 Å². The third kappa shape index (κ3) is 4.56. The van der Waals surface area contributed by atoms with Crippen LogP contribution in [-0.2, 0) is 20.7 Å². The maximum atomic E-state index is 11.6. The van der Waals surface area contributed by atoms with Crippen LogP contribution in [0.2, 0.25) is 0 Å². The largest absolute Gasteiger partial charge is 0.467 e. The van der Waals surface area contributed by atoms with Crippen molar-refractivity contribution >= 4 is 27.8 Å². The second-order valence-electron chi connectivity index (χ2n) is 3.62. The van der Waals surface area contributed by atoms with Gasteiger partial charge in [-0.15, -0.1) is 0 Å². The van der Waals surface area contributed by atoms with Crippen molar-refractivity contribution in [2.75, 3.05) is 7.11 Å². The molecule has 1 atom stereocenters. The van der Waals surface area contributed by atoms with Crippen LogP contribution in [0, 0.1) is 0 Å². The van der Waals surface area contributed by atoms with Crippen molar-refractivity contribution in [2.45, 2.75) is 19.4 Å². The highest BCUT2D eigenvalue weighted by Crippen LogP contribution is 2.10. The number of hydrogen-bond donors (Lipinski definition) is 1. The summed E-state index contributed by atoms with van der Waals surface area (Å²) >= 11 is 3.32. The van der Waals surface area contributed by atoms with Gasteiger partial charge in [-0.3, -0.25) is 4.79 Å². The lowest BCUT2D eigenvalue weighted by Crippen LogP contribution is -2.39. The summed E-state index contributed by atoms with van der Waals surface area (Å²) in [5.74, 6) is -0.653.